The van der Waals surface area contributed by atoms with Crippen LogP contribution in [-0.2, 0) is 18.5 Å². The lowest BCUT2D eigenvalue weighted by molar-refractivity contribution is 0.0925. The van der Waals surface area contributed by atoms with Crippen LogP contribution in [-0.4, -0.2) is 50.4 Å². The van der Waals surface area contributed by atoms with Gasteiger partial charge in [0, 0.05) is 39.7 Å². The van der Waals surface area contributed by atoms with Crippen molar-refractivity contribution in [2.45, 2.75) is 13.7 Å². The molecule has 0 unspecified atom stereocenters. The number of fused-ring (bicyclic) bond motifs is 3. The lowest BCUT2D eigenvalue weighted by Crippen LogP contribution is -2.20. The number of aromatic nitrogens is 4. The van der Waals surface area contributed by atoms with Crippen LogP contribution in [0.25, 0.3) is 44.4 Å². The monoisotopic (exact) mass is 602 g/mol. The minimum absolute atomic E-state index is 0.193. The minimum Gasteiger partial charge on any atom is -0.360 e. The maximum Gasteiger partial charge on any atom is 0.262 e. The summed E-state index contributed by atoms with van der Waals surface area (Å²) in [5.41, 5.74) is 3.96. The van der Waals surface area contributed by atoms with Gasteiger partial charge in [-0.1, -0.05) is 44.8 Å². The molecule has 0 atom stereocenters. The van der Waals surface area contributed by atoms with E-state index in [0.29, 0.717) is 46.7 Å². The Morgan fingerprint density at radius 1 is 1.14 bits per heavy atom. The van der Waals surface area contributed by atoms with Crippen molar-refractivity contribution in [3.8, 4) is 22.5 Å². The Kier molecular flexibility index (Phi) is 7.00. The van der Waals surface area contributed by atoms with E-state index in [9.17, 15) is 4.79 Å². The fraction of sp³-hybridized carbons (Fsp3) is 0.296. The molecule has 0 fully saturated rings. The van der Waals surface area contributed by atoms with Crippen LogP contribution >= 0.6 is 37.6 Å². The summed E-state index contributed by atoms with van der Waals surface area (Å²) < 4.78 is 16.0. The number of hydrogen-bond acceptors (Lipinski definition) is 5. The average Bonchev–Trinajstić information content (AvgIpc) is 3.41. The predicted molar refractivity (Wildman–Crippen MR) is 157 cm³/mol. The minimum atomic E-state index is -0.657. The molecule has 1 aromatic carbocycles. The van der Waals surface area contributed by atoms with Crippen LogP contribution in [0.3, 0.4) is 0 Å². The van der Waals surface area contributed by atoms with E-state index in [4.69, 9.17) is 25.8 Å². The number of aryl methyl sites for hydroxylation is 2. The molecule has 37 heavy (non-hydrogen) atoms. The zero-order valence-corrected chi connectivity index (χ0v) is 24.5. The molecule has 0 bridgehead atoms. The number of halogens is 2. The third kappa shape index (κ3) is 4.97. The molecule has 194 valence electrons. The van der Waals surface area contributed by atoms with Gasteiger partial charge in [-0.05, 0) is 49.5 Å². The lowest BCUT2D eigenvalue weighted by Gasteiger charge is -2.24. The molecule has 5 rings (SSSR count). The molecule has 4 heterocycles. The molecule has 0 aliphatic rings. The molecule has 0 saturated heterocycles. The van der Waals surface area contributed by atoms with Crippen LogP contribution in [0.2, 0.25) is 5.15 Å². The second kappa shape index (κ2) is 9.94. The van der Waals surface area contributed by atoms with Crippen LogP contribution in [0, 0.1) is 6.92 Å². The second-order valence-corrected chi connectivity index (χ2v) is 15.8. The maximum absolute atomic E-state index is 13.7. The maximum atomic E-state index is 13.7. The van der Waals surface area contributed by atoms with Gasteiger partial charge in [-0.15, -0.1) is 0 Å². The normalized spacial score (nSPS) is 12.6. The third-order valence-corrected chi connectivity index (χ3v) is 8.53. The van der Waals surface area contributed by atoms with Gasteiger partial charge >= 0.3 is 0 Å². The van der Waals surface area contributed by atoms with Crippen LogP contribution in [0.5, 0.6) is 0 Å². The van der Waals surface area contributed by atoms with Gasteiger partial charge in [-0.3, -0.25) is 9.36 Å². The summed E-state index contributed by atoms with van der Waals surface area (Å²) in [5, 5.41) is 6.26. The highest BCUT2D eigenvalue weighted by atomic mass is 79.9. The van der Waals surface area contributed by atoms with E-state index < -0.39 is 10.0 Å². The molecule has 0 aliphatic carbocycles. The summed E-state index contributed by atoms with van der Waals surface area (Å²) in [4.78, 5) is 18.4. The van der Waals surface area contributed by atoms with Crippen LogP contribution in [0.1, 0.15) is 5.69 Å². The molecule has 0 saturated carbocycles. The Morgan fingerprint density at radius 3 is 2.51 bits per heavy atom. The van der Waals surface area contributed by atoms with E-state index in [1.165, 1.54) is 0 Å². The summed E-state index contributed by atoms with van der Waals surface area (Å²) in [7, 11) is 1.09. The lowest BCUT2D eigenvalue weighted by atomic mass is 9.94. The number of benzene rings is 1. The first-order valence-corrected chi connectivity index (χ1v) is 15.9. The van der Waals surface area contributed by atoms with Crippen LogP contribution in [0.15, 0.2) is 56.4 Å². The van der Waals surface area contributed by atoms with Crippen LogP contribution < -0.4 is 5.56 Å². The van der Waals surface area contributed by atoms with Gasteiger partial charge in [-0.25, -0.2) is 15.0 Å². The topological polar surface area (TPSA) is 75.1 Å². The van der Waals surface area contributed by atoms with E-state index in [1.54, 1.807) is 23.9 Å². The molecular formula is C27H28BrClN4O3S. The Balaban J connectivity index is 1.79. The van der Waals surface area contributed by atoms with Crippen molar-refractivity contribution in [3.63, 3.8) is 0 Å². The molecule has 0 radical (unpaired) electrons. The fourth-order valence-corrected chi connectivity index (χ4v) is 5.51. The highest BCUT2D eigenvalue weighted by molar-refractivity contribution is 9.10. The van der Waals surface area contributed by atoms with E-state index in [-0.39, 0.29) is 5.56 Å². The first kappa shape index (κ1) is 26.0. The third-order valence-electron chi connectivity index (χ3n) is 6.30. The van der Waals surface area contributed by atoms with Gasteiger partial charge in [0.1, 0.15) is 17.5 Å². The summed E-state index contributed by atoms with van der Waals surface area (Å²) in [5.74, 6) is 1.43. The van der Waals surface area contributed by atoms with Gasteiger partial charge in [0.25, 0.3) is 5.56 Å². The van der Waals surface area contributed by atoms with Crippen molar-refractivity contribution in [2.24, 2.45) is 7.05 Å². The summed E-state index contributed by atoms with van der Waals surface area (Å²) in [6.45, 7) is 2.78. The van der Waals surface area contributed by atoms with Crippen molar-refractivity contribution < 1.29 is 9.26 Å². The second-order valence-electron chi connectivity index (χ2n) is 9.94. The Bertz CT molecular complexity index is 1680. The first-order chi connectivity index (χ1) is 17.5. The van der Waals surface area contributed by atoms with Crippen molar-refractivity contribution in [2.75, 3.05) is 31.1 Å². The van der Waals surface area contributed by atoms with Crippen LogP contribution in [0.4, 0.5) is 0 Å². The van der Waals surface area contributed by atoms with E-state index in [2.05, 4.69) is 39.9 Å². The smallest absolute Gasteiger partial charge is 0.262 e. The SMILES string of the molecule is Cc1cc(-c2c(-c3ccc(Br)cc3)c3c4cc(Cl)n(COCCS(C)(C)C)c4ncc3n(C)c2=O)on1. The molecule has 4 aromatic heterocycles. The first-order valence-electron chi connectivity index (χ1n) is 11.7. The quantitative estimate of drug-likeness (QED) is 0.196. The molecule has 0 spiro atoms. The van der Waals surface area contributed by atoms with Crippen molar-refractivity contribution >= 4 is 59.5 Å². The van der Waals surface area contributed by atoms with Crippen molar-refractivity contribution in [1.29, 1.82) is 0 Å². The Labute approximate surface area is 229 Å². The number of nitrogens with zero attached hydrogens (tertiary/aromatic N) is 4. The Morgan fingerprint density at radius 2 is 1.86 bits per heavy atom. The standard InChI is InChI=1S/C27H28BrClN4O3S/c1-16-12-21(36-31-16)25-23(17-6-8-18(28)9-7-17)24-19-13-22(29)33(15-35-10-11-37(3,4)5)26(19)30-14-20(24)32(2)27(25)34/h6-9,12-14H,10-11,15H2,1-5H3. The Hall–Kier alpha value is -2.59. The summed E-state index contributed by atoms with van der Waals surface area (Å²) >= 11 is 10.2. The average molecular weight is 604 g/mol. The van der Waals surface area contributed by atoms with Crippen molar-refractivity contribution in [1.82, 2.24) is 19.3 Å². The zero-order valence-electron chi connectivity index (χ0n) is 21.3. The van der Waals surface area contributed by atoms with Gasteiger partial charge in [0.05, 0.1) is 29.6 Å². The predicted octanol–water partition coefficient (Wildman–Crippen LogP) is 6.60. The number of pyridine rings is 2. The van der Waals surface area contributed by atoms with E-state index >= 15 is 0 Å². The number of ether oxygens (including phenoxy) is 1. The fourth-order valence-electron chi connectivity index (χ4n) is 4.39. The molecule has 10 heteroatoms. The highest BCUT2D eigenvalue weighted by Gasteiger charge is 2.24. The zero-order chi connectivity index (χ0) is 26.5. The van der Waals surface area contributed by atoms with Gasteiger partial charge < -0.3 is 13.8 Å². The number of rotatable bonds is 7. The molecule has 5 aromatic rings. The molecular weight excluding hydrogens is 576 g/mol. The largest absolute Gasteiger partial charge is 0.360 e. The molecule has 0 aliphatic heterocycles. The van der Waals surface area contributed by atoms with Gasteiger partial charge in [0.15, 0.2) is 5.76 Å². The van der Waals surface area contributed by atoms with Crippen molar-refractivity contribution in [3.05, 3.63) is 68.3 Å². The van der Waals surface area contributed by atoms with E-state index in [1.807, 2.05) is 41.8 Å². The molecule has 7 nitrogen and oxygen atoms in total. The summed E-state index contributed by atoms with van der Waals surface area (Å²) in [6, 6.07) is 11.5. The molecule has 0 amide bonds. The van der Waals surface area contributed by atoms with Gasteiger partial charge in [-0.2, -0.15) is 0 Å². The number of hydrogen-bond donors (Lipinski definition) is 0. The highest BCUT2D eigenvalue weighted by Crippen LogP contribution is 2.40. The van der Waals surface area contributed by atoms with E-state index in [0.717, 1.165) is 32.1 Å². The van der Waals surface area contributed by atoms with Gasteiger partial charge in [0.2, 0.25) is 0 Å². The summed E-state index contributed by atoms with van der Waals surface area (Å²) in [6.07, 6.45) is 8.53. The molecule has 0 N–H and O–H groups in total.